The highest BCUT2D eigenvalue weighted by Crippen LogP contribution is 2.31. The van der Waals surface area contributed by atoms with Crippen LogP contribution in [0.3, 0.4) is 0 Å². The lowest BCUT2D eigenvalue weighted by Gasteiger charge is -2.14. The normalized spacial score (nSPS) is 10.8. The Bertz CT molecular complexity index is 820. The van der Waals surface area contributed by atoms with Gasteiger partial charge in [-0.1, -0.05) is 0 Å². The molecule has 26 heavy (non-hydrogen) atoms. The fourth-order valence-electron chi connectivity index (χ4n) is 2.59. The first kappa shape index (κ1) is 20.0. The van der Waals surface area contributed by atoms with Gasteiger partial charge in [-0.15, -0.1) is 0 Å². The van der Waals surface area contributed by atoms with E-state index in [1.54, 1.807) is 20.3 Å². The van der Waals surface area contributed by atoms with Crippen LogP contribution in [0, 0.1) is 0 Å². The number of likely N-dealkylation sites (N-methyl/N-ethyl adjacent to an activating group) is 1. The van der Waals surface area contributed by atoms with E-state index in [0.29, 0.717) is 40.7 Å². The van der Waals surface area contributed by atoms with E-state index in [9.17, 15) is 4.79 Å². The summed E-state index contributed by atoms with van der Waals surface area (Å²) < 4.78 is 10.7. The highest BCUT2D eigenvalue weighted by atomic mass is 32.1. The fraction of sp³-hybridized carbons (Fsp3) is 0.444. The molecule has 0 unspecified atom stereocenters. The average Bonchev–Trinajstić information content (AvgIpc) is 2.61. The Kier molecular flexibility index (Phi) is 7.23. The van der Waals surface area contributed by atoms with Crippen LogP contribution in [-0.4, -0.2) is 62.9 Å². The maximum absolute atomic E-state index is 12.4. The molecular formula is C18H26N4O3S. The van der Waals surface area contributed by atoms with Gasteiger partial charge in [-0.05, 0) is 50.9 Å². The van der Waals surface area contributed by atoms with E-state index in [4.69, 9.17) is 21.7 Å². The number of methoxy groups -OCH3 is 2. The maximum atomic E-state index is 12.4. The van der Waals surface area contributed by atoms with Gasteiger partial charge in [0.05, 0.1) is 19.7 Å². The summed E-state index contributed by atoms with van der Waals surface area (Å²) in [5.41, 5.74) is 1.15. The Morgan fingerprint density at radius 3 is 2.46 bits per heavy atom. The van der Waals surface area contributed by atoms with Crippen molar-refractivity contribution in [3.8, 4) is 11.5 Å². The highest BCUT2D eigenvalue weighted by molar-refractivity contribution is 7.80. The van der Waals surface area contributed by atoms with E-state index in [2.05, 4.69) is 20.5 Å². The van der Waals surface area contributed by atoms with Gasteiger partial charge in [0.1, 0.15) is 11.5 Å². The second-order valence-electron chi connectivity index (χ2n) is 6.12. The zero-order valence-electron chi connectivity index (χ0n) is 15.6. The average molecular weight is 378 g/mol. The Hall–Kier alpha value is -2.32. The summed E-state index contributed by atoms with van der Waals surface area (Å²) in [6.45, 7) is 2.23. The topological polar surface area (TPSA) is 78.6 Å². The van der Waals surface area contributed by atoms with Crippen LogP contribution in [0.25, 0.3) is 10.9 Å². The lowest BCUT2D eigenvalue weighted by atomic mass is 10.1. The number of rotatable bonds is 8. The first-order chi connectivity index (χ1) is 12.5. The fourth-order valence-corrected chi connectivity index (χ4v) is 2.79. The van der Waals surface area contributed by atoms with Crippen molar-refractivity contribution in [3.63, 3.8) is 0 Å². The minimum Gasteiger partial charge on any atom is -0.496 e. The summed E-state index contributed by atoms with van der Waals surface area (Å²) in [7, 11) is 7.19. The summed E-state index contributed by atoms with van der Waals surface area (Å²) >= 11 is 5.24. The third-order valence-electron chi connectivity index (χ3n) is 3.98. The second-order valence-corrected chi connectivity index (χ2v) is 6.53. The van der Waals surface area contributed by atoms with Crippen LogP contribution in [0.5, 0.6) is 11.5 Å². The first-order valence-electron chi connectivity index (χ1n) is 8.39. The van der Waals surface area contributed by atoms with Crippen molar-refractivity contribution in [2.75, 3.05) is 47.9 Å². The van der Waals surface area contributed by atoms with Gasteiger partial charge in [-0.25, -0.2) is 0 Å². The van der Waals surface area contributed by atoms with Crippen LogP contribution in [0.2, 0.25) is 0 Å². The van der Waals surface area contributed by atoms with Gasteiger partial charge in [0.2, 0.25) is 0 Å². The maximum Gasteiger partial charge on any atom is 0.251 e. The van der Waals surface area contributed by atoms with Crippen LogP contribution >= 0.6 is 12.2 Å². The molecule has 0 aliphatic heterocycles. The van der Waals surface area contributed by atoms with E-state index in [1.165, 1.54) is 0 Å². The van der Waals surface area contributed by atoms with E-state index in [0.717, 1.165) is 18.5 Å². The van der Waals surface area contributed by atoms with Crippen LogP contribution < -0.4 is 25.7 Å². The summed E-state index contributed by atoms with van der Waals surface area (Å²) in [5.74, 6) is 1.29. The summed E-state index contributed by atoms with van der Waals surface area (Å²) in [6, 6.07) is 5.45. The molecule has 0 aliphatic carbocycles. The standard InChI is InChI=1S/C18H26N4O3S/c1-22(2)10-9-20-18(26)19-8-7-12-11-13-14(24-3)5-6-15(25-4)16(13)21-17(12)23/h5-6,11H,7-10H2,1-4H3,(H,21,23)(H2,19,20,26). The number of aromatic nitrogens is 1. The minimum absolute atomic E-state index is 0.141. The van der Waals surface area contributed by atoms with Crippen molar-refractivity contribution < 1.29 is 9.47 Å². The Labute approximate surface area is 158 Å². The third kappa shape index (κ3) is 5.09. The van der Waals surface area contributed by atoms with Gasteiger partial charge in [-0.2, -0.15) is 0 Å². The number of benzene rings is 1. The van der Waals surface area contributed by atoms with Crippen molar-refractivity contribution in [3.05, 3.63) is 34.1 Å². The Balaban J connectivity index is 2.07. The van der Waals surface area contributed by atoms with Crippen LogP contribution in [-0.2, 0) is 6.42 Å². The van der Waals surface area contributed by atoms with E-state index >= 15 is 0 Å². The number of ether oxygens (including phenoxy) is 2. The molecule has 1 heterocycles. The zero-order chi connectivity index (χ0) is 19.1. The summed E-state index contributed by atoms with van der Waals surface area (Å²) in [6.07, 6.45) is 0.543. The third-order valence-corrected chi connectivity index (χ3v) is 4.27. The van der Waals surface area contributed by atoms with Gasteiger partial charge in [0, 0.05) is 30.6 Å². The van der Waals surface area contributed by atoms with Gasteiger partial charge >= 0.3 is 0 Å². The smallest absolute Gasteiger partial charge is 0.251 e. The molecule has 7 nitrogen and oxygen atoms in total. The molecule has 0 radical (unpaired) electrons. The number of thiocarbonyl (C=S) groups is 1. The number of nitrogens with zero attached hydrogens (tertiary/aromatic N) is 1. The molecular weight excluding hydrogens is 352 g/mol. The molecule has 2 rings (SSSR count). The molecule has 0 bridgehead atoms. The molecule has 8 heteroatoms. The zero-order valence-corrected chi connectivity index (χ0v) is 16.5. The number of hydrogen-bond donors (Lipinski definition) is 3. The van der Waals surface area contributed by atoms with Gasteiger partial charge in [0.15, 0.2) is 5.11 Å². The number of hydrogen-bond acceptors (Lipinski definition) is 5. The molecule has 0 amide bonds. The molecule has 0 fully saturated rings. The number of pyridine rings is 1. The Morgan fingerprint density at radius 1 is 1.15 bits per heavy atom. The number of fused-ring (bicyclic) bond motifs is 1. The second kappa shape index (κ2) is 9.40. The molecule has 2 aromatic rings. The first-order valence-corrected chi connectivity index (χ1v) is 8.80. The molecule has 142 valence electrons. The molecule has 0 saturated carbocycles. The van der Waals surface area contributed by atoms with Crippen molar-refractivity contribution >= 4 is 28.2 Å². The SMILES string of the molecule is COc1ccc(OC)c2[nH]c(=O)c(CCNC(=S)NCCN(C)C)cc12. The molecule has 0 saturated heterocycles. The monoisotopic (exact) mass is 378 g/mol. The predicted molar refractivity (Wildman–Crippen MR) is 109 cm³/mol. The molecule has 1 aromatic carbocycles. The van der Waals surface area contributed by atoms with Gasteiger partial charge in [0.25, 0.3) is 5.56 Å². The van der Waals surface area contributed by atoms with Crippen molar-refractivity contribution in [1.82, 2.24) is 20.5 Å². The predicted octanol–water partition coefficient (Wildman–Crippen LogP) is 1.11. The van der Waals surface area contributed by atoms with Crippen molar-refractivity contribution in [2.24, 2.45) is 0 Å². The number of nitrogens with one attached hydrogen (secondary N) is 3. The van der Waals surface area contributed by atoms with Crippen LogP contribution in [0.15, 0.2) is 23.0 Å². The molecule has 0 atom stereocenters. The summed E-state index contributed by atoms with van der Waals surface area (Å²) in [4.78, 5) is 17.4. The summed E-state index contributed by atoms with van der Waals surface area (Å²) in [5, 5.41) is 7.66. The van der Waals surface area contributed by atoms with E-state index in [1.807, 2.05) is 26.2 Å². The van der Waals surface area contributed by atoms with E-state index in [-0.39, 0.29) is 5.56 Å². The van der Waals surface area contributed by atoms with Gasteiger partial charge in [-0.3, -0.25) is 4.79 Å². The Morgan fingerprint density at radius 2 is 1.81 bits per heavy atom. The molecule has 0 aliphatic rings. The van der Waals surface area contributed by atoms with Crippen LogP contribution in [0.4, 0.5) is 0 Å². The minimum atomic E-state index is -0.141. The van der Waals surface area contributed by atoms with Crippen LogP contribution in [0.1, 0.15) is 5.56 Å². The quantitative estimate of drug-likeness (QED) is 0.594. The number of H-pyrrole nitrogens is 1. The van der Waals surface area contributed by atoms with Crippen molar-refractivity contribution in [2.45, 2.75) is 6.42 Å². The van der Waals surface area contributed by atoms with E-state index < -0.39 is 0 Å². The van der Waals surface area contributed by atoms with Crippen molar-refractivity contribution in [1.29, 1.82) is 0 Å². The number of aromatic amines is 1. The molecule has 0 spiro atoms. The molecule has 3 N–H and O–H groups in total. The largest absolute Gasteiger partial charge is 0.496 e. The lowest BCUT2D eigenvalue weighted by molar-refractivity contribution is 0.409. The molecule has 1 aromatic heterocycles. The lowest BCUT2D eigenvalue weighted by Crippen LogP contribution is -2.39. The van der Waals surface area contributed by atoms with Gasteiger partial charge < -0.3 is 30.0 Å². The highest BCUT2D eigenvalue weighted by Gasteiger charge is 2.11.